The van der Waals surface area contributed by atoms with Crippen molar-refractivity contribution in [2.45, 2.75) is 0 Å². The number of hydrogen-bond acceptors (Lipinski definition) is 3. The molecule has 22 heavy (non-hydrogen) atoms. The molecule has 118 valence electrons. The molecule has 0 aliphatic carbocycles. The van der Waals surface area contributed by atoms with Gasteiger partial charge in [-0.3, -0.25) is 0 Å². The molecule has 2 fully saturated rings. The lowest BCUT2D eigenvalue weighted by atomic mass is 10.4. The highest BCUT2D eigenvalue weighted by molar-refractivity contribution is 5.85. The maximum absolute atomic E-state index is 4.65. The van der Waals surface area contributed by atoms with E-state index >= 15 is 0 Å². The Balaban J connectivity index is 1.87. The van der Waals surface area contributed by atoms with Crippen molar-refractivity contribution >= 4 is 23.6 Å². The van der Waals surface area contributed by atoms with Crippen LogP contribution in [-0.2, 0) is 0 Å². The fourth-order valence-corrected chi connectivity index (χ4v) is 2.67. The average Bonchev–Trinajstić information content (AvgIpc) is 2.98. The summed E-state index contributed by atoms with van der Waals surface area (Å²) in [5.41, 5.74) is 0. The second kappa shape index (κ2) is 5.82. The summed E-state index contributed by atoms with van der Waals surface area (Å²) in [7, 11) is 8.20. The molecule has 0 radical (unpaired) electrons. The van der Waals surface area contributed by atoms with Crippen molar-refractivity contribution < 1.29 is 0 Å². The molecule has 2 aliphatic heterocycles. The van der Waals surface area contributed by atoms with Crippen LogP contribution in [0.2, 0.25) is 0 Å². The number of rotatable bonds is 2. The van der Waals surface area contributed by atoms with Crippen LogP contribution < -0.4 is 0 Å². The van der Waals surface area contributed by atoms with E-state index in [1.165, 1.54) is 0 Å². The van der Waals surface area contributed by atoms with Crippen molar-refractivity contribution in [1.82, 2.24) is 24.6 Å². The van der Waals surface area contributed by atoms with Crippen molar-refractivity contribution in [3.63, 3.8) is 0 Å². The van der Waals surface area contributed by atoms with Gasteiger partial charge in [-0.05, 0) is 12.1 Å². The van der Waals surface area contributed by atoms with Gasteiger partial charge in [0.1, 0.15) is 0 Å². The van der Waals surface area contributed by atoms with Crippen LogP contribution in [0.5, 0.6) is 0 Å². The minimum Gasteiger partial charge on any atom is -0.344 e. The zero-order valence-electron chi connectivity index (χ0n) is 13.7. The maximum Gasteiger partial charge on any atom is 0.202 e. The van der Waals surface area contributed by atoms with Gasteiger partial charge in [0.15, 0.2) is 11.6 Å². The van der Waals surface area contributed by atoms with Crippen LogP contribution >= 0.6 is 0 Å². The van der Waals surface area contributed by atoms with E-state index in [4.69, 9.17) is 0 Å². The normalized spacial score (nSPS) is 18.5. The smallest absolute Gasteiger partial charge is 0.202 e. The number of guanidine groups is 2. The first kappa shape index (κ1) is 14.6. The third kappa shape index (κ3) is 2.84. The molecule has 0 unspecified atom stereocenters. The Morgan fingerprint density at radius 2 is 1.09 bits per heavy atom. The fraction of sp³-hybridized carbons (Fsp3) is 0.533. The Morgan fingerprint density at radius 1 is 0.727 bits per heavy atom. The summed E-state index contributed by atoms with van der Waals surface area (Å²) >= 11 is 0. The molecule has 3 rings (SSSR count). The Bertz CT molecular complexity index is 536. The zero-order chi connectivity index (χ0) is 15.7. The SMILES string of the molecule is CN1CCN(C)C1=Nc1cccc(N=C2N(C)CCN2C)n1. The first-order chi connectivity index (χ1) is 10.5. The lowest BCUT2D eigenvalue weighted by Crippen LogP contribution is -2.28. The highest BCUT2D eigenvalue weighted by Gasteiger charge is 2.21. The van der Waals surface area contributed by atoms with Gasteiger partial charge in [-0.1, -0.05) is 6.07 Å². The van der Waals surface area contributed by atoms with Crippen molar-refractivity contribution in [3.05, 3.63) is 18.2 Å². The van der Waals surface area contributed by atoms with Gasteiger partial charge in [-0.25, -0.2) is 4.98 Å². The fourth-order valence-electron chi connectivity index (χ4n) is 2.67. The summed E-state index contributed by atoms with van der Waals surface area (Å²) in [6.45, 7) is 3.97. The van der Waals surface area contributed by atoms with Gasteiger partial charge in [0, 0.05) is 54.4 Å². The summed E-state index contributed by atoms with van der Waals surface area (Å²) in [6.07, 6.45) is 0. The predicted molar refractivity (Wildman–Crippen MR) is 88.9 cm³/mol. The summed E-state index contributed by atoms with van der Waals surface area (Å²) < 4.78 is 0. The summed E-state index contributed by atoms with van der Waals surface area (Å²) in [5.74, 6) is 3.29. The minimum atomic E-state index is 0.695. The Morgan fingerprint density at radius 3 is 1.45 bits per heavy atom. The molecule has 3 heterocycles. The van der Waals surface area contributed by atoms with E-state index in [9.17, 15) is 0 Å². The summed E-state index contributed by atoms with van der Waals surface area (Å²) in [6, 6.07) is 5.78. The number of aliphatic imine (C=N–C) groups is 2. The van der Waals surface area contributed by atoms with E-state index in [0.717, 1.165) is 38.1 Å². The Kier molecular flexibility index (Phi) is 3.87. The highest BCUT2D eigenvalue weighted by Crippen LogP contribution is 2.19. The van der Waals surface area contributed by atoms with Gasteiger partial charge in [-0.15, -0.1) is 0 Å². The molecule has 0 spiro atoms. The van der Waals surface area contributed by atoms with Crippen LogP contribution in [0.1, 0.15) is 0 Å². The summed E-state index contributed by atoms with van der Waals surface area (Å²) in [4.78, 5) is 22.4. The quantitative estimate of drug-likeness (QED) is 0.809. The van der Waals surface area contributed by atoms with E-state index in [1.54, 1.807) is 0 Å². The van der Waals surface area contributed by atoms with Crippen molar-refractivity contribution in [2.24, 2.45) is 9.98 Å². The average molecular weight is 301 g/mol. The number of nitrogens with zero attached hydrogens (tertiary/aromatic N) is 7. The topological polar surface area (TPSA) is 50.6 Å². The molecule has 0 aromatic carbocycles. The van der Waals surface area contributed by atoms with E-state index in [2.05, 4.69) is 62.8 Å². The predicted octanol–water partition coefficient (Wildman–Crippen LogP) is 0.811. The molecule has 1 aromatic rings. The number of aromatic nitrogens is 1. The van der Waals surface area contributed by atoms with E-state index < -0.39 is 0 Å². The van der Waals surface area contributed by atoms with Crippen LogP contribution in [0.4, 0.5) is 11.6 Å². The van der Waals surface area contributed by atoms with E-state index in [1.807, 2.05) is 18.2 Å². The van der Waals surface area contributed by atoms with Crippen molar-refractivity contribution in [1.29, 1.82) is 0 Å². The monoisotopic (exact) mass is 301 g/mol. The molecule has 7 heteroatoms. The largest absolute Gasteiger partial charge is 0.344 e. The second-order valence-corrected chi connectivity index (χ2v) is 5.86. The third-order valence-corrected chi connectivity index (χ3v) is 4.06. The van der Waals surface area contributed by atoms with Gasteiger partial charge in [0.25, 0.3) is 0 Å². The number of hydrogen-bond donors (Lipinski definition) is 0. The molecule has 0 bridgehead atoms. The molecule has 1 aromatic heterocycles. The molecular weight excluding hydrogens is 278 g/mol. The first-order valence-corrected chi connectivity index (χ1v) is 7.53. The number of likely N-dealkylation sites (N-methyl/N-ethyl adjacent to an activating group) is 4. The van der Waals surface area contributed by atoms with Crippen LogP contribution in [0.3, 0.4) is 0 Å². The van der Waals surface area contributed by atoms with Gasteiger partial charge in [-0.2, -0.15) is 9.98 Å². The lowest BCUT2D eigenvalue weighted by molar-refractivity contribution is 0.553. The first-order valence-electron chi connectivity index (χ1n) is 7.53. The Hall–Kier alpha value is -2.31. The van der Waals surface area contributed by atoms with E-state index in [0.29, 0.717) is 11.6 Å². The highest BCUT2D eigenvalue weighted by atomic mass is 15.4. The van der Waals surface area contributed by atoms with Crippen LogP contribution in [0, 0.1) is 0 Å². The molecule has 2 aliphatic rings. The third-order valence-electron chi connectivity index (χ3n) is 4.06. The van der Waals surface area contributed by atoms with Crippen LogP contribution in [0.15, 0.2) is 28.2 Å². The van der Waals surface area contributed by atoms with Gasteiger partial charge >= 0.3 is 0 Å². The molecule has 7 nitrogen and oxygen atoms in total. The standard InChI is InChI=1S/C15H23N7/c1-19-8-9-20(2)14(19)17-12-6-5-7-13(16-12)18-15-21(3)10-11-22(15)4/h5-7H,8-11H2,1-4H3. The second-order valence-electron chi connectivity index (χ2n) is 5.86. The van der Waals surface area contributed by atoms with Crippen LogP contribution in [-0.4, -0.2) is 90.9 Å². The minimum absolute atomic E-state index is 0.695. The van der Waals surface area contributed by atoms with Crippen molar-refractivity contribution in [3.8, 4) is 0 Å². The molecule has 0 saturated carbocycles. The molecule has 2 saturated heterocycles. The number of pyridine rings is 1. The van der Waals surface area contributed by atoms with Crippen molar-refractivity contribution in [2.75, 3.05) is 54.4 Å². The molecule has 0 amide bonds. The van der Waals surface area contributed by atoms with E-state index in [-0.39, 0.29) is 0 Å². The zero-order valence-corrected chi connectivity index (χ0v) is 13.7. The molecule has 0 N–H and O–H groups in total. The molecule has 0 atom stereocenters. The maximum atomic E-state index is 4.65. The van der Waals surface area contributed by atoms with Gasteiger partial charge in [0.2, 0.25) is 11.9 Å². The lowest BCUT2D eigenvalue weighted by Gasteiger charge is -2.16. The summed E-state index contributed by atoms with van der Waals surface area (Å²) in [5, 5.41) is 0. The van der Waals surface area contributed by atoms with Gasteiger partial charge < -0.3 is 19.6 Å². The van der Waals surface area contributed by atoms with Gasteiger partial charge in [0.05, 0.1) is 0 Å². The Labute approximate surface area is 131 Å². The molecular formula is C15H23N7. The van der Waals surface area contributed by atoms with Crippen LogP contribution in [0.25, 0.3) is 0 Å².